The average molecular weight is 249 g/mol. The predicted molar refractivity (Wildman–Crippen MR) is 72.2 cm³/mol. The van der Waals surface area contributed by atoms with Gasteiger partial charge in [-0.15, -0.1) is 0 Å². The Hall–Kier alpha value is -0.970. The van der Waals surface area contributed by atoms with Gasteiger partial charge in [0.15, 0.2) is 0 Å². The Kier molecular flexibility index (Phi) is 5.58. The summed E-state index contributed by atoms with van der Waals surface area (Å²) in [5.41, 5.74) is 1.25. The first-order chi connectivity index (χ1) is 8.88. The van der Waals surface area contributed by atoms with Crippen LogP contribution in [0.4, 0.5) is 0 Å². The number of nitrogens with zero attached hydrogens (tertiary/aromatic N) is 2. The Morgan fingerprint density at radius 1 is 1.39 bits per heavy atom. The van der Waals surface area contributed by atoms with Gasteiger partial charge in [0.2, 0.25) is 0 Å². The first-order valence-corrected chi connectivity index (χ1v) is 6.81. The van der Waals surface area contributed by atoms with Gasteiger partial charge in [0.25, 0.3) is 0 Å². The molecule has 100 valence electrons. The molecule has 0 aromatic carbocycles. The Morgan fingerprint density at radius 3 is 2.89 bits per heavy atom. The lowest BCUT2D eigenvalue weighted by Crippen LogP contribution is -2.38. The van der Waals surface area contributed by atoms with Crippen LogP contribution in [0, 0.1) is 5.92 Å². The van der Waals surface area contributed by atoms with Crippen molar-refractivity contribution >= 4 is 0 Å². The van der Waals surface area contributed by atoms with Crippen LogP contribution in [0.15, 0.2) is 24.5 Å². The molecule has 1 aromatic rings. The predicted octanol–water partition coefficient (Wildman–Crippen LogP) is 0.875. The summed E-state index contributed by atoms with van der Waals surface area (Å²) in [7, 11) is 0. The zero-order chi connectivity index (χ0) is 12.6. The highest BCUT2D eigenvalue weighted by Crippen LogP contribution is 2.15. The lowest BCUT2D eigenvalue weighted by Gasteiger charge is -2.31. The Morgan fingerprint density at radius 2 is 2.22 bits per heavy atom. The fraction of sp³-hybridized carbons (Fsp3) is 0.643. The number of hydrogen-bond donors (Lipinski definition) is 2. The van der Waals surface area contributed by atoms with Gasteiger partial charge >= 0.3 is 0 Å². The summed E-state index contributed by atoms with van der Waals surface area (Å²) in [6.07, 6.45) is 6.19. The molecule has 2 rings (SSSR count). The normalized spacial score (nSPS) is 18.1. The Labute approximate surface area is 109 Å². The fourth-order valence-corrected chi connectivity index (χ4v) is 2.48. The molecule has 1 saturated heterocycles. The van der Waals surface area contributed by atoms with Crippen molar-refractivity contribution in [2.45, 2.75) is 19.4 Å². The molecule has 1 aromatic heterocycles. The van der Waals surface area contributed by atoms with E-state index in [-0.39, 0.29) is 6.61 Å². The summed E-state index contributed by atoms with van der Waals surface area (Å²) in [5.74, 6) is 0.775. The number of β-amino-alcohol motifs (C(OH)–C–C–N with tert-alkyl or cyclic N) is 1. The van der Waals surface area contributed by atoms with Gasteiger partial charge in [0.05, 0.1) is 6.61 Å². The van der Waals surface area contributed by atoms with E-state index in [2.05, 4.69) is 21.3 Å². The first kappa shape index (κ1) is 13.5. The van der Waals surface area contributed by atoms with Crippen LogP contribution in [0.25, 0.3) is 0 Å². The number of hydrogen-bond acceptors (Lipinski definition) is 4. The lowest BCUT2D eigenvalue weighted by atomic mass is 9.97. The van der Waals surface area contributed by atoms with Crippen LogP contribution in [-0.2, 0) is 6.54 Å². The molecular weight excluding hydrogens is 226 g/mol. The van der Waals surface area contributed by atoms with Crippen LogP contribution in [0.2, 0.25) is 0 Å². The molecule has 18 heavy (non-hydrogen) atoms. The van der Waals surface area contributed by atoms with Crippen molar-refractivity contribution in [3.8, 4) is 0 Å². The Bertz CT molecular complexity index is 323. The van der Waals surface area contributed by atoms with Crippen LogP contribution in [-0.4, -0.2) is 47.8 Å². The van der Waals surface area contributed by atoms with E-state index >= 15 is 0 Å². The van der Waals surface area contributed by atoms with Crippen LogP contribution in [0.3, 0.4) is 0 Å². The maximum Gasteiger partial charge on any atom is 0.0558 e. The van der Waals surface area contributed by atoms with Gasteiger partial charge in [-0.1, -0.05) is 6.07 Å². The van der Waals surface area contributed by atoms with Gasteiger partial charge in [0, 0.05) is 25.5 Å². The molecule has 1 aliphatic heterocycles. The maximum absolute atomic E-state index is 8.89. The molecule has 4 nitrogen and oxygen atoms in total. The number of rotatable bonds is 6. The summed E-state index contributed by atoms with van der Waals surface area (Å²) in [6.45, 7) is 5.35. The molecule has 0 aliphatic carbocycles. The van der Waals surface area contributed by atoms with E-state index in [1.54, 1.807) is 6.20 Å². The van der Waals surface area contributed by atoms with Gasteiger partial charge in [-0.25, -0.2) is 0 Å². The summed E-state index contributed by atoms with van der Waals surface area (Å²) in [4.78, 5) is 6.46. The number of pyridine rings is 1. The van der Waals surface area contributed by atoms with Crippen molar-refractivity contribution in [1.29, 1.82) is 0 Å². The van der Waals surface area contributed by atoms with Crippen molar-refractivity contribution in [3.05, 3.63) is 30.1 Å². The van der Waals surface area contributed by atoms with E-state index in [4.69, 9.17) is 5.11 Å². The minimum atomic E-state index is 0.282. The van der Waals surface area contributed by atoms with Gasteiger partial charge in [0.1, 0.15) is 0 Å². The fourth-order valence-electron chi connectivity index (χ4n) is 2.48. The van der Waals surface area contributed by atoms with Gasteiger partial charge in [-0.05, 0) is 50.0 Å². The van der Waals surface area contributed by atoms with E-state index < -0.39 is 0 Å². The molecule has 2 heterocycles. The summed E-state index contributed by atoms with van der Waals surface area (Å²) < 4.78 is 0. The number of aliphatic hydroxyl groups is 1. The second-order valence-electron chi connectivity index (χ2n) is 5.00. The van der Waals surface area contributed by atoms with Crippen LogP contribution < -0.4 is 5.32 Å². The van der Waals surface area contributed by atoms with Crippen LogP contribution in [0.5, 0.6) is 0 Å². The maximum atomic E-state index is 8.89. The highest BCUT2D eigenvalue weighted by molar-refractivity contribution is 5.07. The van der Waals surface area contributed by atoms with Gasteiger partial charge < -0.3 is 15.3 Å². The quantitative estimate of drug-likeness (QED) is 0.785. The van der Waals surface area contributed by atoms with Gasteiger partial charge in [-0.3, -0.25) is 4.98 Å². The molecule has 4 heteroatoms. The molecule has 0 saturated carbocycles. The largest absolute Gasteiger partial charge is 0.395 e. The van der Waals surface area contributed by atoms with Crippen molar-refractivity contribution in [2.24, 2.45) is 5.92 Å². The van der Waals surface area contributed by atoms with E-state index in [9.17, 15) is 0 Å². The van der Waals surface area contributed by atoms with Crippen molar-refractivity contribution < 1.29 is 5.11 Å². The van der Waals surface area contributed by atoms with Crippen molar-refractivity contribution in [3.63, 3.8) is 0 Å². The number of piperidine rings is 1. The molecule has 1 aliphatic rings. The van der Waals surface area contributed by atoms with Gasteiger partial charge in [-0.2, -0.15) is 0 Å². The molecule has 2 N–H and O–H groups in total. The molecule has 1 fully saturated rings. The topological polar surface area (TPSA) is 48.4 Å². The first-order valence-electron chi connectivity index (χ1n) is 6.81. The third kappa shape index (κ3) is 4.37. The van der Waals surface area contributed by atoms with E-state index in [1.165, 1.54) is 18.4 Å². The van der Waals surface area contributed by atoms with Crippen molar-refractivity contribution in [2.75, 3.05) is 32.8 Å². The average Bonchev–Trinajstić information content (AvgIpc) is 2.42. The summed E-state index contributed by atoms with van der Waals surface area (Å²) in [6, 6.07) is 4.08. The smallest absolute Gasteiger partial charge is 0.0558 e. The third-order valence-corrected chi connectivity index (χ3v) is 3.61. The molecular formula is C14H23N3O. The second kappa shape index (κ2) is 7.46. The van der Waals surface area contributed by atoms with E-state index in [1.807, 2.05) is 12.3 Å². The third-order valence-electron chi connectivity index (χ3n) is 3.61. The summed E-state index contributed by atoms with van der Waals surface area (Å²) >= 11 is 0. The molecule has 0 spiro atoms. The number of aliphatic hydroxyl groups excluding tert-OH is 1. The van der Waals surface area contributed by atoms with Crippen LogP contribution >= 0.6 is 0 Å². The zero-order valence-electron chi connectivity index (χ0n) is 10.9. The SMILES string of the molecule is OCCN1CCC(CNCc2cccnc2)CC1. The zero-order valence-corrected chi connectivity index (χ0v) is 10.9. The molecule has 0 unspecified atom stereocenters. The number of nitrogens with one attached hydrogen (secondary N) is 1. The number of aromatic nitrogens is 1. The van der Waals surface area contributed by atoms with Crippen molar-refractivity contribution in [1.82, 2.24) is 15.2 Å². The van der Waals surface area contributed by atoms with E-state index in [0.717, 1.165) is 38.6 Å². The van der Waals surface area contributed by atoms with Crippen LogP contribution in [0.1, 0.15) is 18.4 Å². The molecule has 0 atom stereocenters. The molecule has 0 radical (unpaired) electrons. The molecule has 0 amide bonds. The monoisotopic (exact) mass is 249 g/mol. The lowest BCUT2D eigenvalue weighted by molar-refractivity contribution is 0.146. The highest BCUT2D eigenvalue weighted by Gasteiger charge is 2.17. The second-order valence-corrected chi connectivity index (χ2v) is 5.00. The minimum Gasteiger partial charge on any atom is -0.395 e. The standard InChI is InChI=1S/C14H23N3O/c18-9-8-17-6-3-13(4-7-17)10-16-12-14-2-1-5-15-11-14/h1-2,5,11,13,16,18H,3-4,6-10,12H2. The highest BCUT2D eigenvalue weighted by atomic mass is 16.3. The molecule has 0 bridgehead atoms. The number of likely N-dealkylation sites (tertiary alicyclic amines) is 1. The summed E-state index contributed by atoms with van der Waals surface area (Å²) in [5, 5.41) is 12.4. The Balaban J connectivity index is 1.61. The van der Waals surface area contributed by atoms with E-state index in [0.29, 0.717) is 0 Å². The minimum absolute atomic E-state index is 0.282.